The van der Waals surface area contributed by atoms with Crippen molar-refractivity contribution < 1.29 is 4.79 Å². The molecule has 0 aliphatic heterocycles. The minimum atomic E-state index is -0.0523. The number of carbonyl (C=O) groups excluding carboxylic acids is 1. The Hall–Kier alpha value is -1.03. The van der Waals surface area contributed by atoms with Crippen LogP contribution in [0.3, 0.4) is 0 Å². The van der Waals surface area contributed by atoms with Crippen LogP contribution in [0.4, 0.5) is 0 Å². The zero-order chi connectivity index (χ0) is 14.7. The number of carbonyl (C=O) groups is 1. The Kier molecular flexibility index (Phi) is 5.08. The van der Waals surface area contributed by atoms with Gasteiger partial charge in [-0.15, -0.1) is 0 Å². The largest absolute Gasteiger partial charge is 0.337 e. The average molecular weight is 373 g/mol. The van der Waals surface area contributed by atoms with Gasteiger partial charge in [0.15, 0.2) is 0 Å². The van der Waals surface area contributed by atoms with Crippen molar-refractivity contribution in [1.82, 2.24) is 4.90 Å². The molecule has 2 aromatic carbocycles. The van der Waals surface area contributed by atoms with Crippen LogP contribution >= 0.6 is 39.1 Å². The van der Waals surface area contributed by atoms with Crippen molar-refractivity contribution in [1.29, 1.82) is 0 Å². The summed E-state index contributed by atoms with van der Waals surface area (Å²) in [6.07, 6.45) is 0. The number of benzene rings is 2. The number of halogens is 3. The highest BCUT2D eigenvalue weighted by molar-refractivity contribution is 9.10. The van der Waals surface area contributed by atoms with Crippen molar-refractivity contribution in [2.75, 3.05) is 7.05 Å². The third-order valence-corrected chi connectivity index (χ3v) is 3.98. The van der Waals surface area contributed by atoms with E-state index >= 15 is 0 Å². The number of nitrogens with zero attached hydrogens (tertiary/aromatic N) is 1. The summed E-state index contributed by atoms with van der Waals surface area (Å²) in [4.78, 5) is 13.9. The summed E-state index contributed by atoms with van der Waals surface area (Å²) >= 11 is 15.3. The lowest BCUT2D eigenvalue weighted by atomic mass is 10.1. The molecule has 2 rings (SSSR count). The molecule has 0 aromatic heterocycles. The van der Waals surface area contributed by atoms with Gasteiger partial charge >= 0.3 is 0 Å². The Morgan fingerprint density at radius 1 is 1.15 bits per heavy atom. The third kappa shape index (κ3) is 3.75. The smallest absolute Gasteiger partial charge is 0.253 e. The second-order valence-corrected chi connectivity index (χ2v) is 6.16. The van der Waals surface area contributed by atoms with Gasteiger partial charge in [0.05, 0.1) is 0 Å². The van der Waals surface area contributed by atoms with Crippen LogP contribution in [0.5, 0.6) is 0 Å². The maximum absolute atomic E-state index is 12.3. The molecule has 2 aromatic rings. The molecule has 0 fully saturated rings. The minimum Gasteiger partial charge on any atom is -0.337 e. The van der Waals surface area contributed by atoms with Crippen LogP contribution in [0.15, 0.2) is 46.9 Å². The first-order valence-corrected chi connectivity index (χ1v) is 7.47. The standard InChI is InChI=1S/C15H12BrCl2NO/c1-19(9-11-4-7-13(17)8-14(11)18)15(20)10-2-5-12(16)6-3-10/h2-8H,9H2,1H3. The normalized spacial score (nSPS) is 10.4. The summed E-state index contributed by atoms with van der Waals surface area (Å²) in [7, 11) is 1.75. The predicted molar refractivity (Wildman–Crippen MR) is 86.4 cm³/mol. The topological polar surface area (TPSA) is 20.3 Å². The third-order valence-electron chi connectivity index (χ3n) is 2.86. The fourth-order valence-corrected chi connectivity index (χ4v) is 2.52. The lowest BCUT2D eigenvalue weighted by molar-refractivity contribution is 0.0785. The second kappa shape index (κ2) is 6.61. The number of hydrogen-bond donors (Lipinski definition) is 0. The van der Waals surface area contributed by atoms with Crippen LogP contribution < -0.4 is 0 Å². The van der Waals surface area contributed by atoms with Gasteiger partial charge in [0, 0.05) is 33.7 Å². The van der Waals surface area contributed by atoms with E-state index in [4.69, 9.17) is 23.2 Å². The van der Waals surface area contributed by atoms with Gasteiger partial charge in [0.25, 0.3) is 5.91 Å². The zero-order valence-electron chi connectivity index (χ0n) is 10.7. The molecular weight excluding hydrogens is 361 g/mol. The fraction of sp³-hybridized carbons (Fsp3) is 0.133. The van der Waals surface area contributed by atoms with Crippen molar-refractivity contribution in [2.45, 2.75) is 6.54 Å². The Labute approximate surface area is 136 Å². The van der Waals surface area contributed by atoms with Crippen molar-refractivity contribution >= 4 is 45.0 Å². The van der Waals surface area contributed by atoms with Gasteiger partial charge in [0.1, 0.15) is 0 Å². The van der Waals surface area contributed by atoms with Gasteiger partial charge in [-0.3, -0.25) is 4.79 Å². The minimum absolute atomic E-state index is 0.0523. The molecule has 0 saturated heterocycles. The molecule has 20 heavy (non-hydrogen) atoms. The second-order valence-electron chi connectivity index (χ2n) is 4.40. The predicted octanol–water partition coefficient (Wildman–Crippen LogP) is 5.03. The molecule has 5 heteroatoms. The van der Waals surface area contributed by atoms with Gasteiger partial charge in [-0.1, -0.05) is 45.2 Å². The van der Waals surface area contributed by atoms with E-state index in [1.807, 2.05) is 18.2 Å². The molecule has 0 heterocycles. The molecule has 0 bridgehead atoms. The van der Waals surface area contributed by atoms with Crippen LogP contribution in [-0.2, 0) is 6.54 Å². The molecule has 0 unspecified atom stereocenters. The van der Waals surface area contributed by atoms with Gasteiger partial charge in [-0.25, -0.2) is 0 Å². The molecule has 0 aliphatic rings. The van der Waals surface area contributed by atoms with Crippen LogP contribution in [0.25, 0.3) is 0 Å². The molecule has 0 N–H and O–H groups in total. The van der Waals surface area contributed by atoms with Gasteiger partial charge in [-0.05, 0) is 42.0 Å². The highest BCUT2D eigenvalue weighted by atomic mass is 79.9. The van der Waals surface area contributed by atoms with E-state index in [1.54, 1.807) is 36.2 Å². The summed E-state index contributed by atoms with van der Waals surface area (Å²) in [5, 5.41) is 1.15. The Morgan fingerprint density at radius 2 is 1.80 bits per heavy atom. The van der Waals surface area contributed by atoms with Crippen LogP contribution in [-0.4, -0.2) is 17.9 Å². The summed E-state index contributed by atoms with van der Waals surface area (Å²) in [5.74, 6) is -0.0523. The van der Waals surface area contributed by atoms with Crippen LogP contribution in [0.2, 0.25) is 10.0 Å². The van der Waals surface area contributed by atoms with Gasteiger partial charge < -0.3 is 4.90 Å². The Balaban J connectivity index is 2.13. The van der Waals surface area contributed by atoms with Crippen molar-refractivity contribution in [3.05, 3.63) is 68.1 Å². The van der Waals surface area contributed by atoms with Crippen LogP contribution in [0.1, 0.15) is 15.9 Å². The molecule has 2 nitrogen and oxygen atoms in total. The molecule has 104 valence electrons. The van der Waals surface area contributed by atoms with E-state index < -0.39 is 0 Å². The summed E-state index contributed by atoms with van der Waals surface area (Å²) in [6, 6.07) is 12.5. The summed E-state index contributed by atoms with van der Waals surface area (Å²) in [5.41, 5.74) is 1.50. The lowest BCUT2D eigenvalue weighted by Crippen LogP contribution is -2.26. The van der Waals surface area contributed by atoms with Crippen LogP contribution in [0, 0.1) is 0 Å². The number of rotatable bonds is 3. The number of hydrogen-bond acceptors (Lipinski definition) is 1. The lowest BCUT2D eigenvalue weighted by Gasteiger charge is -2.18. The summed E-state index contributed by atoms with van der Waals surface area (Å²) in [6.45, 7) is 0.435. The van der Waals surface area contributed by atoms with Crippen molar-refractivity contribution in [2.24, 2.45) is 0 Å². The van der Waals surface area contributed by atoms with E-state index in [2.05, 4.69) is 15.9 Å². The summed E-state index contributed by atoms with van der Waals surface area (Å²) < 4.78 is 0.942. The molecule has 0 aliphatic carbocycles. The Morgan fingerprint density at radius 3 is 2.40 bits per heavy atom. The van der Waals surface area contributed by atoms with Gasteiger partial charge in [-0.2, -0.15) is 0 Å². The number of amides is 1. The molecule has 0 atom stereocenters. The van der Waals surface area contributed by atoms with E-state index in [-0.39, 0.29) is 5.91 Å². The molecule has 0 saturated carbocycles. The quantitative estimate of drug-likeness (QED) is 0.739. The average Bonchev–Trinajstić information content (AvgIpc) is 2.42. The molecule has 0 spiro atoms. The molecule has 1 amide bonds. The van der Waals surface area contributed by atoms with Crippen molar-refractivity contribution in [3.8, 4) is 0 Å². The SMILES string of the molecule is CN(Cc1ccc(Cl)cc1Cl)C(=O)c1ccc(Br)cc1. The first-order valence-electron chi connectivity index (χ1n) is 5.92. The highest BCUT2D eigenvalue weighted by Gasteiger charge is 2.13. The zero-order valence-corrected chi connectivity index (χ0v) is 13.8. The molecule has 0 radical (unpaired) electrons. The van der Waals surface area contributed by atoms with E-state index in [1.165, 1.54) is 0 Å². The fourth-order valence-electron chi connectivity index (χ4n) is 1.79. The first kappa shape index (κ1) is 15.4. The highest BCUT2D eigenvalue weighted by Crippen LogP contribution is 2.22. The first-order chi connectivity index (χ1) is 9.47. The van der Waals surface area contributed by atoms with Crippen molar-refractivity contribution in [3.63, 3.8) is 0 Å². The van der Waals surface area contributed by atoms with E-state index in [9.17, 15) is 4.79 Å². The van der Waals surface area contributed by atoms with Gasteiger partial charge in [0.2, 0.25) is 0 Å². The maximum Gasteiger partial charge on any atom is 0.253 e. The Bertz CT molecular complexity index is 628. The molecular formula is C15H12BrCl2NO. The van der Waals surface area contributed by atoms with E-state index in [0.29, 0.717) is 22.2 Å². The monoisotopic (exact) mass is 371 g/mol. The maximum atomic E-state index is 12.3. The van der Waals surface area contributed by atoms with E-state index in [0.717, 1.165) is 10.0 Å².